The highest BCUT2D eigenvalue weighted by Crippen LogP contribution is 2.30. The van der Waals surface area contributed by atoms with Crippen LogP contribution in [0.5, 0.6) is 0 Å². The van der Waals surface area contributed by atoms with Gasteiger partial charge in [-0.25, -0.2) is 4.98 Å². The summed E-state index contributed by atoms with van der Waals surface area (Å²) in [6.45, 7) is 3.57. The molecule has 0 radical (unpaired) electrons. The van der Waals surface area contributed by atoms with Gasteiger partial charge in [-0.2, -0.15) is 13.2 Å². The number of halogens is 3. The fourth-order valence-corrected chi connectivity index (χ4v) is 2.39. The second-order valence-corrected chi connectivity index (χ2v) is 5.95. The molecule has 0 saturated heterocycles. The van der Waals surface area contributed by atoms with Crippen LogP contribution in [0.3, 0.4) is 0 Å². The summed E-state index contributed by atoms with van der Waals surface area (Å²) in [4.78, 5) is 15.5. The number of ketones is 1. The molecule has 2 aromatic heterocycles. The lowest BCUT2D eigenvalue weighted by atomic mass is 10.1. The zero-order valence-corrected chi connectivity index (χ0v) is 12.8. The summed E-state index contributed by atoms with van der Waals surface area (Å²) < 4.78 is 42.7. The van der Waals surface area contributed by atoms with E-state index in [1.165, 1.54) is 17.8 Å². The standard InChI is InChI=1S/C15H14F3NO2S/c1-9(2)14(20)12-5-4-11(21-12)8-22-13-6-3-10(7-19-13)15(16,17)18/h3-7,9H,8H2,1-2H3. The third-order valence-corrected chi connectivity index (χ3v) is 3.82. The number of carbonyl (C=O) groups excluding carboxylic acids is 1. The molecule has 2 heterocycles. The van der Waals surface area contributed by atoms with Gasteiger partial charge >= 0.3 is 6.18 Å². The van der Waals surface area contributed by atoms with Gasteiger partial charge in [-0.15, -0.1) is 0 Å². The Morgan fingerprint density at radius 3 is 2.55 bits per heavy atom. The van der Waals surface area contributed by atoms with Gasteiger partial charge in [0.15, 0.2) is 5.76 Å². The molecular weight excluding hydrogens is 315 g/mol. The van der Waals surface area contributed by atoms with Gasteiger partial charge < -0.3 is 4.42 Å². The number of Topliss-reactive ketones (excluding diaryl/α,β-unsaturated/α-hetero) is 1. The van der Waals surface area contributed by atoms with E-state index in [4.69, 9.17) is 4.42 Å². The Bertz CT molecular complexity index is 648. The molecule has 0 unspecified atom stereocenters. The Kier molecular flexibility index (Phi) is 4.95. The molecule has 0 atom stereocenters. The molecule has 0 bridgehead atoms. The van der Waals surface area contributed by atoms with Crippen molar-refractivity contribution in [3.63, 3.8) is 0 Å². The van der Waals surface area contributed by atoms with Gasteiger partial charge in [-0.1, -0.05) is 25.6 Å². The zero-order valence-electron chi connectivity index (χ0n) is 12.0. The van der Waals surface area contributed by atoms with Crippen molar-refractivity contribution in [1.82, 2.24) is 4.98 Å². The number of pyridine rings is 1. The summed E-state index contributed by atoms with van der Waals surface area (Å²) in [5.41, 5.74) is -0.778. The van der Waals surface area contributed by atoms with Crippen LogP contribution < -0.4 is 0 Å². The number of hydrogen-bond acceptors (Lipinski definition) is 4. The predicted molar refractivity (Wildman–Crippen MR) is 76.7 cm³/mol. The van der Waals surface area contributed by atoms with Crippen molar-refractivity contribution in [2.75, 3.05) is 0 Å². The lowest BCUT2D eigenvalue weighted by Crippen LogP contribution is -2.05. The average Bonchev–Trinajstić information content (AvgIpc) is 2.92. The van der Waals surface area contributed by atoms with Crippen molar-refractivity contribution in [1.29, 1.82) is 0 Å². The van der Waals surface area contributed by atoms with Crippen LogP contribution in [0, 0.1) is 5.92 Å². The van der Waals surface area contributed by atoms with Crippen LogP contribution in [0.15, 0.2) is 39.9 Å². The molecule has 0 aliphatic rings. The van der Waals surface area contributed by atoms with E-state index < -0.39 is 11.7 Å². The second kappa shape index (κ2) is 6.56. The molecule has 3 nitrogen and oxygen atoms in total. The summed E-state index contributed by atoms with van der Waals surface area (Å²) in [7, 11) is 0. The summed E-state index contributed by atoms with van der Waals surface area (Å²) in [5, 5.41) is 0.459. The number of thioether (sulfide) groups is 1. The first-order chi connectivity index (χ1) is 10.3. The molecule has 0 aromatic carbocycles. The van der Waals surface area contributed by atoms with Crippen molar-refractivity contribution < 1.29 is 22.4 Å². The van der Waals surface area contributed by atoms with Crippen molar-refractivity contribution in [2.24, 2.45) is 5.92 Å². The Balaban J connectivity index is 1.97. The second-order valence-electron chi connectivity index (χ2n) is 4.96. The number of nitrogens with zero attached hydrogens (tertiary/aromatic N) is 1. The smallest absolute Gasteiger partial charge is 0.417 e. The zero-order chi connectivity index (χ0) is 16.3. The minimum absolute atomic E-state index is 0.0797. The van der Waals surface area contributed by atoms with Crippen molar-refractivity contribution in [3.8, 4) is 0 Å². The van der Waals surface area contributed by atoms with E-state index in [-0.39, 0.29) is 11.7 Å². The number of carbonyl (C=O) groups is 1. The minimum Gasteiger partial charge on any atom is -0.457 e. The van der Waals surface area contributed by atoms with Crippen LogP contribution in [0.2, 0.25) is 0 Å². The third kappa shape index (κ3) is 4.13. The number of hydrogen-bond donors (Lipinski definition) is 0. The van der Waals surface area contributed by atoms with Gasteiger partial charge in [0.25, 0.3) is 0 Å². The van der Waals surface area contributed by atoms with E-state index in [0.29, 0.717) is 22.3 Å². The van der Waals surface area contributed by atoms with E-state index in [2.05, 4.69) is 4.98 Å². The van der Waals surface area contributed by atoms with Gasteiger partial charge in [0, 0.05) is 12.1 Å². The molecule has 118 valence electrons. The van der Waals surface area contributed by atoms with Gasteiger partial charge in [-0.3, -0.25) is 4.79 Å². The summed E-state index contributed by atoms with van der Waals surface area (Å²) in [5.74, 6) is 1.04. The van der Waals surface area contributed by atoms with Gasteiger partial charge in [0.1, 0.15) is 5.76 Å². The number of alkyl halides is 3. The van der Waals surface area contributed by atoms with Crippen LogP contribution in [-0.4, -0.2) is 10.8 Å². The fraction of sp³-hybridized carbons (Fsp3) is 0.333. The molecule has 7 heteroatoms. The van der Waals surface area contributed by atoms with Crippen molar-refractivity contribution in [2.45, 2.75) is 30.8 Å². The normalized spacial score (nSPS) is 11.9. The van der Waals surface area contributed by atoms with E-state index >= 15 is 0 Å². The Morgan fingerprint density at radius 1 is 1.27 bits per heavy atom. The van der Waals surface area contributed by atoms with Crippen molar-refractivity contribution in [3.05, 3.63) is 47.5 Å². The first-order valence-electron chi connectivity index (χ1n) is 6.56. The predicted octanol–water partition coefficient (Wildman–Crippen LogP) is 4.82. The monoisotopic (exact) mass is 329 g/mol. The van der Waals surface area contributed by atoms with Gasteiger partial charge in [0.05, 0.1) is 16.3 Å². The maximum atomic E-state index is 12.4. The number of aromatic nitrogens is 1. The largest absolute Gasteiger partial charge is 0.457 e. The number of rotatable bonds is 5. The topological polar surface area (TPSA) is 43.1 Å². The van der Waals surface area contributed by atoms with E-state index in [9.17, 15) is 18.0 Å². The molecule has 0 amide bonds. The molecular formula is C15H14F3NO2S. The quantitative estimate of drug-likeness (QED) is 0.582. The number of furan rings is 1. The van der Waals surface area contributed by atoms with Crippen LogP contribution in [0.1, 0.15) is 35.7 Å². The lowest BCUT2D eigenvalue weighted by Gasteiger charge is -2.06. The third-order valence-electron chi connectivity index (χ3n) is 2.85. The molecule has 22 heavy (non-hydrogen) atoms. The van der Waals surface area contributed by atoms with E-state index in [1.54, 1.807) is 26.0 Å². The summed E-state index contributed by atoms with van der Waals surface area (Å²) in [6.07, 6.45) is -3.58. The SMILES string of the molecule is CC(C)C(=O)c1ccc(CSc2ccc(C(F)(F)F)cn2)o1. The van der Waals surface area contributed by atoms with Crippen LogP contribution in [-0.2, 0) is 11.9 Å². The minimum atomic E-state index is -4.39. The first kappa shape index (κ1) is 16.6. The maximum Gasteiger partial charge on any atom is 0.417 e. The Hall–Kier alpha value is -1.76. The van der Waals surface area contributed by atoms with Crippen LogP contribution in [0.4, 0.5) is 13.2 Å². The molecule has 0 saturated carbocycles. The maximum absolute atomic E-state index is 12.4. The van der Waals surface area contributed by atoms with Crippen LogP contribution >= 0.6 is 11.8 Å². The highest BCUT2D eigenvalue weighted by Gasteiger charge is 2.30. The van der Waals surface area contributed by atoms with Gasteiger partial charge in [-0.05, 0) is 24.3 Å². The first-order valence-corrected chi connectivity index (χ1v) is 7.55. The molecule has 2 aromatic rings. The van der Waals surface area contributed by atoms with E-state index in [0.717, 1.165) is 12.3 Å². The molecule has 0 aliphatic heterocycles. The summed E-state index contributed by atoms with van der Waals surface area (Å²) in [6, 6.07) is 5.60. The lowest BCUT2D eigenvalue weighted by molar-refractivity contribution is -0.137. The molecule has 2 rings (SSSR count). The Morgan fingerprint density at radius 2 is 2.00 bits per heavy atom. The molecule has 0 spiro atoms. The molecule has 0 N–H and O–H groups in total. The van der Waals surface area contributed by atoms with Crippen LogP contribution in [0.25, 0.3) is 0 Å². The molecule has 0 fully saturated rings. The average molecular weight is 329 g/mol. The molecule has 0 aliphatic carbocycles. The highest BCUT2D eigenvalue weighted by atomic mass is 32.2. The summed E-state index contributed by atoms with van der Waals surface area (Å²) >= 11 is 1.24. The van der Waals surface area contributed by atoms with Gasteiger partial charge in [0.2, 0.25) is 5.78 Å². The Labute approximate surface area is 129 Å². The van der Waals surface area contributed by atoms with Crippen molar-refractivity contribution >= 4 is 17.5 Å². The fourth-order valence-electron chi connectivity index (χ4n) is 1.65. The van der Waals surface area contributed by atoms with E-state index in [1.807, 2.05) is 0 Å². The highest BCUT2D eigenvalue weighted by molar-refractivity contribution is 7.98.